The first-order valence-electron chi connectivity index (χ1n) is 7.97. The molecule has 0 spiro atoms. The van der Waals surface area contributed by atoms with Crippen molar-refractivity contribution in [2.75, 3.05) is 0 Å². The van der Waals surface area contributed by atoms with Crippen molar-refractivity contribution < 1.29 is 0 Å². The maximum atomic E-state index is 12.5. The SMILES string of the molecule is Cc1cncc(-c2ccc(-c3cc4cnc(C)nc4[nH]c3=O)c(Cl)c2)n1. The molecule has 1 aromatic carbocycles. The van der Waals surface area contributed by atoms with Crippen molar-refractivity contribution in [3.05, 3.63) is 69.8 Å². The molecule has 4 rings (SSSR count). The Kier molecular flexibility index (Phi) is 3.97. The van der Waals surface area contributed by atoms with E-state index in [2.05, 4.69) is 24.9 Å². The molecular formula is C19H14ClN5O. The first kappa shape index (κ1) is 16.4. The van der Waals surface area contributed by atoms with Crippen molar-refractivity contribution in [1.82, 2.24) is 24.9 Å². The van der Waals surface area contributed by atoms with E-state index in [1.165, 1.54) is 0 Å². The zero-order valence-electron chi connectivity index (χ0n) is 14.1. The van der Waals surface area contributed by atoms with Crippen molar-refractivity contribution in [3.63, 3.8) is 0 Å². The zero-order chi connectivity index (χ0) is 18.3. The van der Waals surface area contributed by atoms with E-state index in [1.54, 1.807) is 37.6 Å². The highest BCUT2D eigenvalue weighted by molar-refractivity contribution is 6.33. The Morgan fingerprint density at radius 1 is 1.00 bits per heavy atom. The summed E-state index contributed by atoms with van der Waals surface area (Å²) in [5, 5.41) is 1.21. The number of nitrogens with zero attached hydrogens (tertiary/aromatic N) is 4. The minimum absolute atomic E-state index is 0.249. The van der Waals surface area contributed by atoms with Gasteiger partial charge < -0.3 is 4.98 Å². The van der Waals surface area contributed by atoms with Crippen LogP contribution in [0.5, 0.6) is 0 Å². The Bertz CT molecular complexity index is 1200. The fourth-order valence-electron chi connectivity index (χ4n) is 2.78. The Morgan fingerprint density at radius 3 is 2.62 bits per heavy atom. The Labute approximate surface area is 154 Å². The molecule has 26 heavy (non-hydrogen) atoms. The van der Waals surface area contributed by atoms with E-state index in [0.29, 0.717) is 27.6 Å². The minimum Gasteiger partial charge on any atom is -0.306 e. The van der Waals surface area contributed by atoms with Gasteiger partial charge in [0.05, 0.1) is 17.6 Å². The van der Waals surface area contributed by atoms with Gasteiger partial charge in [-0.1, -0.05) is 23.7 Å². The first-order chi connectivity index (χ1) is 12.5. The van der Waals surface area contributed by atoms with Crippen LogP contribution in [0.4, 0.5) is 0 Å². The minimum atomic E-state index is -0.249. The van der Waals surface area contributed by atoms with Gasteiger partial charge >= 0.3 is 0 Å². The van der Waals surface area contributed by atoms with Gasteiger partial charge in [0.15, 0.2) is 0 Å². The second-order valence-electron chi connectivity index (χ2n) is 5.97. The molecule has 0 atom stereocenters. The van der Waals surface area contributed by atoms with Crippen LogP contribution in [0.3, 0.4) is 0 Å². The summed E-state index contributed by atoms with van der Waals surface area (Å²) in [6.45, 7) is 3.65. The van der Waals surface area contributed by atoms with E-state index in [0.717, 1.165) is 22.3 Å². The maximum absolute atomic E-state index is 12.5. The fraction of sp³-hybridized carbons (Fsp3) is 0.105. The van der Waals surface area contributed by atoms with Gasteiger partial charge in [0, 0.05) is 39.5 Å². The van der Waals surface area contributed by atoms with Crippen molar-refractivity contribution in [2.24, 2.45) is 0 Å². The molecule has 0 saturated carbocycles. The lowest BCUT2D eigenvalue weighted by Crippen LogP contribution is -2.10. The number of pyridine rings is 1. The predicted molar refractivity (Wildman–Crippen MR) is 101 cm³/mol. The summed E-state index contributed by atoms with van der Waals surface area (Å²) in [7, 11) is 0. The number of aromatic amines is 1. The molecule has 0 unspecified atom stereocenters. The summed E-state index contributed by atoms with van der Waals surface area (Å²) in [5.41, 5.74) is 3.76. The highest BCUT2D eigenvalue weighted by atomic mass is 35.5. The topological polar surface area (TPSA) is 84.4 Å². The van der Waals surface area contributed by atoms with Crippen molar-refractivity contribution >= 4 is 22.6 Å². The zero-order valence-corrected chi connectivity index (χ0v) is 14.9. The molecule has 128 valence electrons. The van der Waals surface area contributed by atoms with Crippen molar-refractivity contribution in [3.8, 4) is 22.4 Å². The van der Waals surface area contributed by atoms with Crippen LogP contribution >= 0.6 is 11.6 Å². The van der Waals surface area contributed by atoms with Crippen molar-refractivity contribution in [2.45, 2.75) is 13.8 Å². The molecule has 3 aromatic heterocycles. The average molecular weight is 364 g/mol. The predicted octanol–water partition coefficient (Wildman–Crippen LogP) is 3.71. The van der Waals surface area contributed by atoms with Gasteiger partial charge in [0.1, 0.15) is 11.5 Å². The molecule has 0 amide bonds. The lowest BCUT2D eigenvalue weighted by atomic mass is 10.0. The van der Waals surface area contributed by atoms with E-state index in [1.807, 2.05) is 19.1 Å². The summed E-state index contributed by atoms with van der Waals surface area (Å²) >= 11 is 6.47. The molecule has 7 heteroatoms. The maximum Gasteiger partial charge on any atom is 0.257 e. The molecule has 0 bridgehead atoms. The molecule has 1 N–H and O–H groups in total. The van der Waals surface area contributed by atoms with Crippen LogP contribution in [0.2, 0.25) is 5.02 Å². The van der Waals surface area contributed by atoms with Gasteiger partial charge in [-0.05, 0) is 26.0 Å². The smallest absolute Gasteiger partial charge is 0.257 e. The van der Waals surface area contributed by atoms with Crippen LogP contribution < -0.4 is 5.56 Å². The third kappa shape index (κ3) is 2.95. The summed E-state index contributed by atoms with van der Waals surface area (Å²) < 4.78 is 0. The number of aryl methyl sites for hydroxylation is 2. The number of hydrogen-bond acceptors (Lipinski definition) is 5. The third-order valence-corrected chi connectivity index (χ3v) is 4.34. The van der Waals surface area contributed by atoms with E-state index >= 15 is 0 Å². The number of fused-ring (bicyclic) bond motifs is 1. The van der Waals surface area contributed by atoms with Gasteiger partial charge in [0.2, 0.25) is 0 Å². The number of aromatic nitrogens is 5. The largest absolute Gasteiger partial charge is 0.306 e. The van der Waals surface area contributed by atoms with Gasteiger partial charge in [-0.3, -0.25) is 9.78 Å². The highest BCUT2D eigenvalue weighted by Crippen LogP contribution is 2.30. The third-order valence-electron chi connectivity index (χ3n) is 4.02. The second-order valence-corrected chi connectivity index (χ2v) is 6.38. The molecule has 0 aliphatic carbocycles. The van der Waals surface area contributed by atoms with Gasteiger partial charge in [-0.2, -0.15) is 0 Å². The van der Waals surface area contributed by atoms with E-state index < -0.39 is 0 Å². The second kappa shape index (κ2) is 6.31. The Balaban J connectivity index is 1.84. The number of benzene rings is 1. The van der Waals surface area contributed by atoms with Crippen LogP contribution in [0.25, 0.3) is 33.4 Å². The van der Waals surface area contributed by atoms with Crippen LogP contribution in [-0.4, -0.2) is 24.9 Å². The van der Waals surface area contributed by atoms with Crippen LogP contribution in [-0.2, 0) is 0 Å². The Hall–Kier alpha value is -3.12. The molecule has 3 heterocycles. The quantitative estimate of drug-likeness (QED) is 0.586. The Morgan fingerprint density at radius 2 is 1.85 bits per heavy atom. The number of H-pyrrole nitrogens is 1. The molecule has 0 aliphatic rings. The molecule has 4 aromatic rings. The van der Waals surface area contributed by atoms with Crippen LogP contribution in [0, 0.1) is 13.8 Å². The molecule has 6 nitrogen and oxygen atoms in total. The fourth-order valence-corrected chi connectivity index (χ4v) is 3.06. The van der Waals surface area contributed by atoms with Crippen molar-refractivity contribution in [1.29, 1.82) is 0 Å². The lowest BCUT2D eigenvalue weighted by molar-refractivity contribution is 1.07. The summed E-state index contributed by atoms with van der Waals surface area (Å²) in [4.78, 5) is 32.3. The summed E-state index contributed by atoms with van der Waals surface area (Å²) in [6.07, 6.45) is 5.06. The van der Waals surface area contributed by atoms with Crippen LogP contribution in [0.15, 0.2) is 47.7 Å². The van der Waals surface area contributed by atoms with Gasteiger partial charge in [-0.15, -0.1) is 0 Å². The number of rotatable bonds is 2. The molecule has 0 radical (unpaired) electrons. The van der Waals surface area contributed by atoms with Gasteiger partial charge in [-0.25, -0.2) is 15.0 Å². The van der Waals surface area contributed by atoms with Gasteiger partial charge in [0.25, 0.3) is 5.56 Å². The van der Waals surface area contributed by atoms with E-state index in [-0.39, 0.29) is 5.56 Å². The monoisotopic (exact) mass is 363 g/mol. The normalized spacial score (nSPS) is 11.0. The first-order valence-corrected chi connectivity index (χ1v) is 8.35. The molecular weight excluding hydrogens is 350 g/mol. The van der Waals surface area contributed by atoms with E-state index in [4.69, 9.17) is 11.6 Å². The lowest BCUT2D eigenvalue weighted by Gasteiger charge is -2.08. The average Bonchev–Trinajstić information content (AvgIpc) is 2.61. The number of hydrogen-bond donors (Lipinski definition) is 1. The van der Waals surface area contributed by atoms with Crippen LogP contribution in [0.1, 0.15) is 11.5 Å². The standard InChI is InChI=1S/C19H14ClN5O/c1-10-7-21-9-17(23-10)12-3-4-14(16(20)6-12)15-5-13-8-22-11(2)24-18(13)25-19(15)26/h3-9H,1-2H3,(H,22,24,25,26). The van der Waals surface area contributed by atoms with E-state index in [9.17, 15) is 4.79 Å². The molecule has 0 saturated heterocycles. The summed E-state index contributed by atoms with van der Waals surface area (Å²) in [5.74, 6) is 0.600. The summed E-state index contributed by atoms with van der Waals surface area (Å²) in [6, 6.07) is 7.23. The molecule has 0 aliphatic heterocycles. The number of nitrogens with one attached hydrogen (secondary N) is 1. The number of halogens is 1. The highest BCUT2D eigenvalue weighted by Gasteiger charge is 2.12. The molecule has 0 fully saturated rings.